The first-order valence-corrected chi connectivity index (χ1v) is 10.4. The number of nitrogens with zero attached hydrogens (tertiary/aromatic N) is 4. The van der Waals surface area contributed by atoms with E-state index in [1.807, 2.05) is 13.0 Å². The summed E-state index contributed by atoms with van der Waals surface area (Å²) in [7, 11) is 0. The largest absolute Gasteiger partial charge is 0.416 e. The Labute approximate surface area is 182 Å². The van der Waals surface area contributed by atoms with Gasteiger partial charge in [0.1, 0.15) is 12.0 Å². The zero-order valence-electron chi connectivity index (χ0n) is 17.6. The zero-order chi connectivity index (χ0) is 22.6. The van der Waals surface area contributed by atoms with Crippen LogP contribution >= 0.6 is 0 Å². The highest BCUT2D eigenvalue weighted by atomic mass is 19.4. The summed E-state index contributed by atoms with van der Waals surface area (Å²) in [5, 5.41) is 13.1. The number of fused-ring (bicyclic) bond motifs is 3. The van der Waals surface area contributed by atoms with E-state index in [1.165, 1.54) is 13.0 Å². The van der Waals surface area contributed by atoms with Gasteiger partial charge in [0.05, 0.1) is 30.0 Å². The first-order valence-electron chi connectivity index (χ1n) is 10.4. The summed E-state index contributed by atoms with van der Waals surface area (Å²) in [5.41, 5.74) is 6.72. The van der Waals surface area contributed by atoms with E-state index in [0.29, 0.717) is 29.7 Å². The van der Waals surface area contributed by atoms with Crippen molar-refractivity contribution in [1.29, 1.82) is 0 Å². The fourth-order valence-electron chi connectivity index (χ4n) is 4.63. The van der Waals surface area contributed by atoms with Gasteiger partial charge in [-0.1, -0.05) is 12.1 Å². The number of nitrogens with one attached hydrogen (secondary N) is 1. The van der Waals surface area contributed by atoms with Crippen molar-refractivity contribution in [1.82, 2.24) is 15.2 Å². The molecule has 10 heteroatoms. The number of morpholine rings is 1. The van der Waals surface area contributed by atoms with Crippen molar-refractivity contribution in [2.75, 3.05) is 23.4 Å². The van der Waals surface area contributed by atoms with E-state index in [0.717, 1.165) is 35.6 Å². The Balaban J connectivity index is 1.50. The molecule has 3 atom stereocenters. The number of pyridine rings is 1. The quantitative estimate of drug-likeness (QED) is 0.593. The van der Waals surface area contributed by atoms with Crippen molar-refractivity contribution in [2.45, 2.75) is 44.8 Å². The molecule has 0 amide bonds. The number of nitrogens with two attached hydrogens (primary N) is 1. The van der Waals surface area contributed by atoms with Crippen molar-refractivity contribution >= 4 is 22.4 Å². The Morgan fingerprint density at radius 2 is 2.03 bits per heavy atom. The summed E-state index contributed by atoms with van der Waals surface area (Å²) < 4.78 is 45.7. The molecule has 3 N–H and O–H groups in total. The van der Waals surface area contributed by atoms with Crippen LogP contribution in [0.5, 0.6) is 0 Å². The van der Waals surface area contributed by atoms with Crippen LogP contribution in [-0.4, -0.2) is 40.5 Å². The van der Waals surface area contributed by atoms with Crippen molar-refractivity contribution in [3.05, 3.63) is 52.8 Å². The standard InChI is InChI=1S/C22H23F3N6O/c1-11-15(4-3-5-18(11)22(23,24)25)20(26)28-21-16-7-19(27-8-17(16)12(2)29-30-21)31-9-14-6-13(31)10-32-14/h3-5,7-8,13-14,20H,6,9-10,26H2,1-2H3,(H,28,30)/t13-,14+,20-/m0/s1. The van der Waals surface area contributed by atoms with Crippen LogP contribution in [-0.2, 0) is 10.9 Å². The molecular weight excluding hydrogens is 421 g/mol. The topological polar surface area (TPSA) is 89.2 Å². The molecule has 1 aromatic carbocycles. The molecule has 2 saturated heterocycles. The second-order valence-corrected chi connectivity index (χ2v) is 8.36. The highest BCUT2D eigenvalue weighted by Crippen LogP contribution is 2.36. The maximum Gasteiger partial charge on any atom is 0.416 e. The lowest BCUT2D eigenvalue weighted by molar-refractivity contribution is -0.138. The molecule has 3 aromatic rings. The predicted molar refractivity (Wildman–Crippen MR) is 114 cm³/mol. The number of halogens is 3. The number of hydrogen-bond donors (Lipinski definition) is 2. The number of anilines is 2. The molecule has 0 aliphatic carbocycles. The third-order valence-electron chi connectivity index (χ3n) is 6.34. The van der Waals surface area contributed by atoms with E-state index in [9.17, 15) is 13.2 Å². The number of aryl methyl sites for hydroxylation is 1. The molecule has 0 unspecified atom stereocenters. The molecule has 0 spiro atoms. The van der Waals surface area contributed by atoms with E-state index < -0.39 is 17.9 Å². The van der Waals surface area contributed by atoms with Crippen molar-refractivity contribution in [3.63, 3.8) is 0 Å². The minimum absolute atomic E-state index is 0.0832. The number of benzene rings is 1. The number of alkyl halides is 3. The van der Waals surface area contributed by atoms with Crippen LogP contribution in [0.4, 0.5) is 24.8 Å². The number of ether oxygens (including phenoxy) is 1. The average Bonchev–Trinajstić information content (AvgIpc) is 3.38. The van der Waals surface area contributed by atoms with Gasteiger partial charge in [-0.05, 0) is 43.5 Å². The maximum absolute atomic E-state index is 13.3. The molecule has 5 rings (SSSR count). The molecule has 7 nitrogen and oxygen atoms in total. The molecule has 2 bridgehead atoms. The molecule has 2 fully saturated rings. The molecular formula is C22H23F3N6O. The van der Waals surface area contributed by atoms with Crippen molar-refractivity contribution < 1.29 is 17.9 Å². The summed E-state index contributed by atoms with van der Waals surface area (Å²) in [6.07, 6.45) is -2.38. The zero-order valence-corrected chi connectivity index (χ0v) is 17.6. The third kappa shape index (κ3) is 3.53. The Morgan fingerprint density at radius 1 is 1.22 bits per heavy atom. The van der Waals surface area contributed by atoms with Crippen LogP contribution in [0.25, 0.3) is 10.8 Å². The fourth-order valence-corrected chi connectivity index (χ4v) is 4.63. The van der Waals surface area contributed by atoms with Crippen LogP contribution < -0.4 is 16.0 Å². The maximum atomic E-state index is 13.3. The SMILES string of the molecule is Cc1c([C@@H](N)Nc2nnc(C)c3cnc(N4C[C@H]5C[C@H]4CO5)cc23)cccc1C(F)(F)F. The molecule has 4 heterocycles. The van der Waals surface area contributed by atoms with Gasteiger partial charge in [0, 0.05) is 23.5 Å². The molecule has 32 heavy (non-hydrogen) atoms. The Hall–Kier alpha value is -2.98. The van der Waals surface area contributed by atoms with Gasteiger partial charge in [-0.3, -0.25) is 0 Å². The summed E-state index contributed by atoms with van der Waals surface area (Å²) in [6, 6.07) is 6.23. The summed E-state index contributed by atoms with van der Waals surface area (Å²) in [4.78, 5) is 6.84. The van der Waals surface area contributed by atoms with Gasteiger partial charge in [0.15, 0.2) is 5.82 Å². The van der Waals surface area contributed by atoms with Crippen molar-refractivity contribution in [3.8, 4) is 0 Å². The predicted octanol–water partition coefficient (Wildman–Crippen LogP) is 3.71. The van der Waals surface area contributed by atoms with Crippen LogP contribution in [0, 0.1) is 13.8 Å². The smallest absolute Gasteiger partial charge is 0.374 e. The van der Waals surface area contributed by atoms with Crippen LogP contribution in [0.15, 0.2) is 30.5 Å². The highest BCUT2D eigenvalue weighted by molar-refractivity contribution is 5.94. The van der Waals surface area contributed by atoms with Gasteiger partial charge in [-0.25, -0.2) is 4.98 Å². The van der Waals surface area contributed by atoms with E-state index in [4.69, 9.17) is 10.5 Å². The van der Waals surface area contributed by atoms with E-state index in [2.05, 4.69) is 25.4 Å². The highest BCUT2D eigenvalue weighted by Gasteiger charge is 2.39. The summed E-state index contributed by atoms with van der Waals surface area (Å²) in [6.45, 7) is 4.73. The molecule has 2 aliphatic heterocycles. The molecule has 2 aliphatic rings. The molecule has 168 valence electrons. The van der Waals surface area contributed by atoms with Gasteiger partial charge in [-0.2, -0.15) is 18.3 Å². The number of hydrogen-bond acceptors (Lipinski definition) is 7. The second kappa shape index (κ2) is 7.56. The molecule has 0 saturated carbocycles. The number of aromatic nitrogens is 3. The lowest BCUT2D eigenvalue weighted by Crippen LogP contribution is -2.37. The first-order chi connectivity index (χ1) is 15.2. The minimum atomic E-state index is -4.45. The minimum Gasteiger partial charge on any atom is -0.374 e. The average molecular weight is 444 g/mol. The van der Waals surface area contributed by atoms with Gasteiger partial charge in [0.2, 0.25) is 0 Å². The Bertz CT molecular complexity index is 1180. The summed E-state index contributed by atoms with van der Waals surface area (Å²) >= 11 is 0. The van der Waals surface area contributed by atoms with Crippen molar-refractivity contribution in [2.24, 2.45) is 5.73 Å². The Morgan fingerprint density at radius 3 is 2.72 bits per heavy atom. The normalized spacial score (nSPS) is 21.4. The first kappa shape index (κ1) is 20.9. The van der Waals surface area contributed by atoms with E-state index >= 15 is 0 Å². The monoisotopic (exact) mass is 444 g/mol. The van der Waals surface area contributed by atoms with Crippen LogP contribution in [0.3, 0.4) is 0 Å². The lowest BCUT2D eigenvalue weighted by Gasteiger charge is -2.28. The second-order valence-electron chi connectivity index (χ2n) is 8.36. The summed E-state index contributed by atoms with van der Waals surface area (Å²) in [5.74, 6) is 1.21. The van der Waals surface area contributed by atoms with E-state index in [-0.39, 0.29) is 11.7 Å². The van der Waals surface area contributed by atoms with E-state index in [1.54, 1.807) is 12.3 Å². The van der Waals surface area contributed by atoms with Crippen LogP contribution in [0.2, 0.25) is 0 Å². The van der Waals surface area contributed by atoms with Gasteiger partial charge < -0.3 is 20.7 Å². The molecule has 2 aromatic heterocycles. The number of rotatable bonds is 4. The van der Waals surface area contributed by atoms with Gasteiger partial charge >= 0.3 is 6.18 Å². The Kier molecular flexibility index (Phi) is 4.94. The molecule has 0 radical (unpaired) electrons. The third-order valence-corrected chi connectivity index (χ3v) is 6.34. The lowest BCUT2D eigenvalue weighted by atomic mass is 10.00. The van der Waals surface area contributed by atoms with Gasteiger partial charge in [-0.15, -0.1) is 5.10 Å². The van der Waals surface area contributed by atoms with Gasteiger partial charge in [0.25, 0.3) is 0 Å². The van der Waals surface area contributed by atoms with Crippen LogP contribution in [0.1, 0.15) is 35.0 Å². The fraction of sp³-hybridized carbons (Fsp3) is 0.409.